The number of H-pyrrole nitrogens is 2. The van der Waals surface area contributed by atoms with Gasteiger partial charge in [0.05, 0.1) is 11.0 Å². The molecule has 0 radical (unpaired) electrons. The monoisotopic (exact) mass is 328 g/mol. The minimum absolute atomic E-state index is 0.143. The van der Waals surface area contributed by atoms with Crippen molar-refractivity contribution in [2.24, 2.45) is 0 Å². The molecule has 0 fully saturated rings. The van der Waals surface area contributed by atoms with Crippen LogP contribution in [-0.2, 0) is 0 Å². The smallest absolute Gasteiger partial charge is 0.257 e. The summed E-state index contributed by atoms with van der Waals surface area (Å²) in [4.78, 5) is 22.6. The van der Waals surface area contributed by atoms with Crippen LogP contribution in [0.2, 0.25) is 0 Å². The molecule has 0 saturated carbocycles. The minimum atomic E-state index is -0.143. The van der Waals surface area contributed by atoms with Crippen molar-refractivity contribution in [2.45, 2.75) is 0 Å². The first-order valence-electron chi connectivity index (χ1n) is 7.81. The predicted octanol–water partition coefficient (Wildman–Crippen LogP) is 3.73. The van der Waals surface area contributed by atoms with Crippen molar-refractivity contribution in [3.8, 4) is 22.6 Å². The first kappa shape index (κ1) is 13.7. The first-order valence-corrected chi connectivity index (χ1v) is 7.81. The maximum Gasteiger partial charge on any atom is 0.257 e. The van der Waals surface area contributed by atoms with Gasteiger partial charge < -0.3 is 14.5 Å². The van der Waals surface area contributed by atoms with E-state index in [4.69, 9.17) is 4.52 Å². The summed E-state index contributed by atoms with van der Waals surface area (Å²) in [6.45, 7) is 0. The van der Waals surface area contributed by atoms with E-state index < -0.39 is 0 Å². The fraction of sp³-hybridized carbons (Fsp3) is 0. The van der Waals surface area contributed by atoms with E-state index >= 15 is 0 Å². The topological polar surface area (TPSA) is 87.6 Å². The van der Waals surface area contributed by atoms with Crippen molar-refractivity contribution >= 4 is 21.9 Å². The Kier molecular flexibility index (Phi) is 2.84. The zero-order chi connectivity index (χ0) is 16.8. The summed E-state index contributed by atoms with van der Waals surface area (Å²) in [6, 6.07) is 17.2. The molecule has 6 nitrogen and oxygen atoms in total. The molecule has 25 heavy (non-hydrogen) atoms. The van der Waals surface area contributed by atoms with Crippen LogP contribution in [0.15, 0.2) is 70.2 Å². The maximum absolute atomic E-state index is 12.2. The zero-order valence-electron chi connectivity index (χ0n) is 13.0. The van der Waals surface area contributed by atoms with Crippen LogP contribution in [0.5, 0.6) is 0 Å². The molecule has 0 unspecified atom stereocenters. The van der Waals surface area contributed by atoms with E-state index in [1.807, 2.05) is 48.5 Å². The number of aromatic amines is 2. The van der Waals surface area contributed by atoms with Crippen LogP contribution in [0.25, 0.3) is 44.5 Å². The fourth-order valence-electron chi connectivity index (χ4n) is 3.18. The minimum Gasteiger partial charge on any atom is -0.353 e. The van der Waals surface area contributed by atoms with Crippen molar-refractivity contribution in [2.75, 3.05) is 0 Å². The Bertz CT molecular complexity index is 1270. The number of rotatable bonds is 2. The molecule has 0 spiro atoms. The number of nitrogens with zero attached hydrogens (tertiary/aromatic N) is 2. The van der Waals surface area contributed by atoms with E-state index in [-0.39, 0.29) is 5.56 Å². The highest BCUT2D eigenvalue weighted by atomic mass is 16.5. The second kappa shape index (κ2) is 5.17. The maximum atomic E-state index is 12.2. The summed E-state index contributed by atoms with van der Waals surface area (Å²) in [6.07, 6.45) is 1.37. The van der Waals surface area contributed by atoms with Gasteiger partial charge in [0.1, 0.15) is 0 Å². The number of benzene rings is 2. The SMILES string of the molecule is O=c1cc(-c2cccc(-c3ncno3)c2)c2[nH]c3ccccc3c2[nH]1. The van der Waals surface area contributed by atoms with Gasteiger partial charge in [-0.3, -0.25) is 4.79 Å². The molecule has 2 N–H and O–H groups in total. The zero-order valence-corrected chi connectivity index (χ0v) is 13.0. The summed E-state index contributed by atoms with van der Waals surface area (Å²) in [5, 5.41) is 4.64. The molecule has 0 saturated heterocycles. The van der Waals surface area contributed by atoms with Crippen LogP contribution in [0.3, 0.4) is 0 Å². The molecule has 3 heterocycles. The number of aromatic nitrogens is 4. The standard InChI is InChI=1S/C19H12N4O2/c24-16-9-14(11-4-3-5-12(8-11)19-20-10-21-25-19)18-17(23-16)13-6-1-2-7-15(13)22-18/h1-10,22H,(H,23,24). The lowest BCUT2D eigenvalue weighted by atomic mass is 10.0. The Morgan fingerprint density at radius 1 is 0.880 bits per heavy atom. The van der Waals surface area contributed by atoms with Crippen LogP contribution in [0, 0.1) is 0 Å². The first-order chi connectivity index (χ1) is 12.3. The lowest BCUT2D eigenvalue weighted by Crippen LogP contribution is -2.04. The molecule has 0 amide bonds. The molecular formula is C19H12N4O2. The number of fused-ring (bicyclic) bond motifs is 3. The van der Waals surface area contributed by atoms with Gasteiger partial charge >= 0.3 is 0 Å². The Morgan fingerprint density at radius 3 is 2.64 bits per heavy atom. The molecule has 3 aromatic heterocycles. The third kappa shape index (κ3) is 2.15. The lowest BCUT2D eigenvalue weighted by Gasteiger charge is -2.05. The highest BCUT2D eigenvalue weighted by Gasteiger charge is 2.13. The predicted molar refractivity (Wildman–Crippen MR) is 95.2 cm³/mol. The van der Waals surface area contributed by atoms with Crippen LogP contribution in [-0.4, -0.2) is 20.1 Å². The molecule has 0 aliphatic rings. The van der Waals surface area contributed by atoms with Crippen LogP contribution in [0.1, 0.15) is 0 Å². The molecule has 0 aliphatic heterocycles. The van der Waals surface area contributed by atoms with Gasteiger partial charge in [-0.25, -0.2) is 0 Å². The van der Waals surface area contributed by atoms with Gasteiger partial charge in [-0.05, 0) is 23.8 Å². The summed E-state index contributed by atoms with van der Waals surface area (Å²) >= 11 is 0. The van der Waals surface area contributed by atoms with Crippen molar-refractivity contribution in [1.82, 2.24) is 20.1 Å². The number of hydrogen-bond donors (Lipinski definition) is 2. The van der Waals surface area contributed by atoms with Gasteiger partial charge in [0.25, 0.3) is 5.89 Å². The number of para-hydroxylation sites is 1. The summed E-state index contributed by atoms with van der Waals surface area (Å²) in [5.74, 6) is 0.444. The average molecular weight is 328 g/mol. The molecule has 6 heteroatoms. The Hall–Kier alpha value is -3.67. The van der Waals surface area contributed by atoms with E-state index in [2.05, 4.69) is 20.1 Å². The van der Waals surface area contributed by atoms with Gasteiger partial charge in [-0.15, -0.1) is 0 Å². The molecule has 0 atom stereocenters. The Morgan fingerprint density at radius 2 is 1.76 bits per heavy atom. The van der Waals surface area contributed by atoms with Crippen molar-refractivity contribution in [3.05, 3.63) is 71.3 Å². The summed E-state index contributed by atoms with van der Waals surface area (Å²) < 4.78 is 5.13. The normalized spacial score (nSPS) is 11.4. The second-order valence-corrected chi connectivity index (χ2v) is 5.80. The van der Waals surface area contributed by atoms with Gasteiger partial charge in [0.15, 0.2) is 6.33 Å². The second-order valence-electron chi connectivity index (χ2n) is 5.80. The number of hydrogen-bond acceptors (Lipinski definition) is 4. The van der Waals surface area contributed by atoms with E-state index in [1.165, 1.54) is 6.33 Å². The Balaban J connectivity index is 1.81. The van der Waals surface area contributed by atoms with Crippen molar-refractivity contribution in [1.29, 1.82) is 0 Å². The molecule has 2 aromatic carbocycles. The van der Waals surface area contributed by atoms with Crippen LogP contribution >= 0.6 is 0 Å². The van der Waals surface area contributed by atoms with Gasteiger partial charge in [-0.1, -0.05) is 35.5 Å². The van der Waals surface area contributed by atoms with Crippen LogP contribution in [0.4, 0.5) is 0 Å². The summed E-state index contributed by atoms with van der Waals surface area (Å²) in [5.41, 5.74) is 5.07. The van der Waals surface area contributed by atoms with Gasteiger partial charge in [-0.2, -0.15) is 4.98 Å². The molecule has 5 aromatic rings. The number of pyridine rings is 1. The van der Waals surface area contributed by atoms with Gasteiger partial charge in [0.2, 0.25) is 5.56 Å². The quantitative estimate of drug-likeness (QED) is 0.517. The summed E-state index contributed by atoms with van der Waals surface area (Å²) in [7, 11) is 0. The van der Waals surface area contributed by atoms with E-state index in [1.54, 1.807) is 6.07 Å². The van der Waals surface area contributed by atoms with Crippen LogP contribution < -0.4 is 5.56 Å². The number of nitrogens with one attached hydrogen (secondary N) is 2. The molecular weight excluding hydrogens is 316 g/mol. The van der Waals surface area contributed by atoms with Crippen molar-refractivity contribution in [3.63, 3.8) is 0 Å². The third-order valence-electron chi connectivity index (χ3n) is 4.28. The van der Waals surface area contributed by atoms with Crippen molar-refractivity contribution < 1.29 is 4.52 Å². The fourth-order valence-corrected chi connectivity index (χ4v) is 3.18. The highest BCUT2D eigenvalue weighted by Crippen LogP contribution is 2.32. The molecule has 120 valence electrons. The lowest BCUT2D eigenvalue weighted by molar-refractivity contribution is 0.430. The molecule has 0 bridgehead atoms. The molecule has 5 rings (SSSR count). The highest BCUT2D eigenvalue weighted by molar-refractivity contribution is 6.09. The largest absolute Gasteiger partial charge is 0.353 e. The van der Waals surface area contributed by atoms with E-state index in [0.29, 0.717) is 5.89 Å². The van der Waals surface area contributed by atoms with Gasteiger partial charge in [0, 0.05) is 28.1 Å². The van der Waals surface area contributed by atoms with E-state index in [9.17, 15) is 4.79 Å². The Labute approximate surface area is 141 Å². The average Bonchev–Trinajstić information content (AvgIpc) is 3.29. The van der Waals surface area contributed by atoms with E-state index in [0.717, 1.165) is 38.6 Å². The third-order valence-corrected chi connectivity index (χ3v) is 4.28. The molecule has 0 aliphatic carbocycles.